The molecule has 1 saturated heterocycles. The van der Waals surface area contributed by atoms with E-state index >= 15 is 0 Å². The van der Waals surface area contributed by atoms with Gasteiger partial charge in [0, 0.05) is 17.2 Å². The van der Waals surface area contributed by atoms with E-state index in [1.54, 1.807) is 23.3 Å². The maximum absolute atomic E-state index is 13.9. The zero-order chi connectivity index (χ0) is 19.1. The summed E-state index contributed by atoms with van der Waals surface area (Å²) < 4.78 is 28.5. The van der Waals surface area contributed by atoms with Crippen molar-refractivity contribution in [2.24, 2.45) is 5.92 Å². The molecule has 1 fully saturated rings. The molecule has 1 amide bonds. The smallest absolute Gasteiger partial charge is 0.232 e. The molecule has 1 aliphatic rings. The minimum atomic E-state index is -1.11. The fourth-order valence-electron chi connectivity index (χ4n) is 3.73. The van der Waals surface area contributed by atoms with Gasteiger partial charge in [0.1, 0.15) is 6.23 Å². The fraction of sp³-hybridized carbons (Fsp3) is 0.250. The second-order valence-corrected chi connectivity index (χ2v) is 7.67. The Hall–Kier alpha value is -2.35. The van der Waals surface area contributed by atoms with E-state index < -0.39 is 29.7 Å². The summed E-state index contributed by atoms with van der Waals surface area (Å²) in [5.74, 6) is -3.72. The maximum Gasteiger partial charge on any atom is 0.232 e. The van der Waals surface area contributed by atoms with Gasteiger partial charge in [-0.1, -0.05) is 24.3 Å². The van der Waals surface area contributed by atoms with Crippen molar-refractivity contribution in [2.45, 2.75) is 12.1 Å². The topological polar surface area (TPSA) is 52.6 Å². The number of halogens is 2. The van der Waals surface area contributed by atoms with Crippen LogP contribution in [-0.4, -0.2) is 35.7 Å². The first-order valence-electron chi connectivity index (χ1n) is 8.56. The van der Waals surface area contributed by atoms with Crippen LogP contribution < -0.4 is 5.32 Å². The number of nitrogens with zero attached hydrogens (tertiary/aromatic N) is 1. The van der Waals surface area contributed by atoms with Crippen LogP contribution >= 0.6 is 11.3 Å². The van der Waals surface area contributed by atoms with Crippen LogP contribution in [0, 0.1) is 17.6 Å². The molecular formula is C20H18F2N2O2S. The number of carbonyl (C=O) groups excluding carboxylic acids is 1. The van der Waals surface area contributed by atoms with Gasteiger partial charge in [-0.2, -0.15) is 0 Å². The van der Waals surface area contributed by atoms with Crippen LogP contribution in [0.3, 0.4) is 0 Å². The fourth-order valence-corrected chi connectivity index (χ4v) is 4.75. The normalized spacial score (nSPS) is 23.0. The molecule has 0 radical (unpaired) electrons. The lowest BCUT2D eigenvalue weighted by Gasteiger charge is -2.21. The molecule has 4 nitrogen and oxygen atoms in total. The lowest BCUT2D eigenvalue weighted by atomic mass is 9.87. The second kappa shape index (κ2) is 6.99. The minimum absolute atomic E-state index is 0.226. The zero-order valence-electron chi connectivity index (χ0n) is 14.5. The summed E-state index contributed by atoms with van der Waals surface area (Å²) in [7, 11) is 1.74. The molecular weight excluding hydrogens is 370 g/mol. The molecule has 7 heteroatoms. The van der Waals surface area contributed by atoms with Gasteiger partial charge in [0.05, 0.1) is 11.6 Å². The molecule has 2 N–H and O–H groups in total. The van der Waals surface area contributed by atoms with Crippen molar-refractivity contribution >= 4 is 33.0 Å². The molecule has 3 atom stereocenters. The Morgan fingerprint density at radius 1 is 1.22 bits per heavy atom. The number of likely N-dealkylation sites (N-methyl/N-ethyl adjacent to an activating group) is 1. The van der Waals surface area contributed by atoms with Gasteiger partial charge >= 0.3 is 0 Å². The number of anilines is 1. The van der Waals surface area contributed by atoms with E-state index in [2.05, 4.69) is 5.32 Å². The molecule has 1 unspecified atom stereocenters. The number of benzene rings is 2. The SMILES string of the molecule is CN1C[C@H](c2csc3ccccc23)[C@@H](C(=O)Nc2cccc(F)c2F)C1O. The molecule has 1 aliphatic heterocycles. The molecule has 4 rings (SSSR count). The summed E-state index contributed by atoms with van der Waals surface area (Å²) in [5.41, 5.74) is 0.759. The van der Waals surface area contributed by atoms with Crippen LogP contribution in [0.4, 0.5) is 14.5 Å². The number of fused-ring (bicyclic) bond motifs is 1. The Bertz CT molecular complexity index is 1010. The van der Waals surface area contributed by atoms with Crippen molar-refractivity contribution in [3.63, 3.8) is 0 Å². The number of thiophene rings is 1. The highest BCUT2D eigenvalue weighted by Crippen LogP contribution is 2.41. The van der Waals surface area contributed by atoms with Crippen molar-refractivity contribution in [1.82, 2.24) is 4.90 Å². The van der Waals surface area contributed by atoms with Gasteiger partial charge < -0.3 is 10.4 Å². The van der Waals surface area contributed by atoms with E-state index in [1.807, 2.05) is 29.6 Å². The second-order valence-electron chi connectivity index (χ2n) is 6.76. The van der Waals surface area contributed by atoms with E-state index in [9.17, 15) is 18.7 Å². The number of hydrogen-bond donors (Lipinski definition) is 2. The van der Waals surface area contributed by atoms with E-state index in [0.717, 1.165) is 21.7 Å². The molecule has 0 bridgehead atoms. The lowest BCUT2D eigenvalue weighted by Crippen LogP contribution is -2.36. The summed E-state index contributed by atoms with van der Waals surface area (Å²) in [5, 5.41) is 16.1. The Kier molecular flexibility index (Phi) is 4.67. The highest BCUT2D eigenvalue weighted by molar-refractivity contribution is 7.17. The summed E-state index contributed by atoms with van der Waals surface area (Å²) in [6, 6.07) is 11.5. The summed E-state index contributed by atoms with van der Waals surface area (Å²) in [4.78, 5) is 14.6. The number of carbonyl (C=O) groups is 1. The number of hydrogen-bond acceptors (Lipinski definition) is 4. The Labute approximate surface area is 159 Å². The first kappa shape index (κ1) is 18.0. The molecule has 0 saturated carbocycles. The van der Waals surface area contributed by atoms with E-state index in [-0.39, 0.29) is 11.6 Å². The average Bonchev–Trinajstić information content (AvgIpc) is 3.20. The monoisotopic (exact) mass is 388 g/mol. The molecule has 0 aliphatic carbocycles. The molecule has 27 heavy (non-hydrogen) atoms. The van der Waals surface area contributed by atoms with E-state index in [4.69, 9.17) is 0 Å². The Balaban J connectivity index is 1.68. The van der Waals surface area contributed by atoms with Crippen LogP contribution in [0.1, 0.15) is 11.5 Å². The first-order valence-corrected chi connectivity index (χ1v) is 9.44. The van der Waals surface area contributed by atoms with Crippen molar-refractivity contribution in [2.75, 3.05) is 18.9 Å². The minimum Gasteiger partial charge on any atom is -0.378 e. The third kappa shape index (κ3) is 3.12. The third-order valence-corrected chi connectivity index (χ3v) is 6.10. The number of aliphatic hydroxyl groups is 1. The molecule has 2 heterocycles. The van der Waals surface area contributed by atoms with Gasteiger partial charge in [-0.25, -0.2) is 8.78 Å². The number of rotatable bonds is 3. The van der Waals surface area contributed by atoms with Crippen LogP contribution in [0.5, 0.6) is 0 Å². The quantitative estimate of drug-likeness (QED) is 0.718. The van der Waals surface area contributed by atoms with Crippen LogP contribution in [-0.2, 0) is 4.79 Å². The maximum atomic E-state index is 13.9. The number of aliphatic hydroxyl groups excluding tert-OH is 1. The van der Waals surface area contributed by atoms with Crippen molar-refractivity contribution < 1.29 is 18.7 Å². The first-order chi connectivity index (χ1) is 13.0. The summed E-state index contributed by atoms with van der Waals surface area (Å²) >= 11 is 1.58. The number of likely N-dealkylation sites (tertiary alicyclic amines) is 1. The van der Waals surface area contributed by atoms with Gasteiger partial charge in [-0.15, -0.1) is 11.3 Å². The van der Waals surface area contributed by atoms with Gasteiger partial charge in [0.15, 0.2) is 11.6 Å². The predicted octanol–water partition coefficient (Wildman–Crippen LogP) is 3.78. The van der Waals surface area contributed by atoms with Gasteiger partial charge in [0.25, 0.3) is 0 Å². The molecule has 140 valence electrons. The molecule has 2 aromatic carbocycles. The van der Waals surface area contributed by atoms with Crippen molar-refractivity contribution in [3.8, 4) is 0 Å². The van der Waals surface area contributed by atoms with Crippen molar-refractivity contribution in [1.29, 1.82) is 0 Å². The Morgan fingerprint density at radius 3 is 2.81 bits per heavy atom. The zero-order valence-corrected chi connectivity index (χ0v) is 15.3. The van der Waals surface area contributed by atoms with Gasteiger partial charge in [-0.3, -0.25) is 9.69 Å². The molecule has 1 aromatic heterocycles. The molecule has 0 spiro atoms. The largest absolute Gasteiger partial charge is 0.378 e. The van der Waals surface area contributed by atoms with Gasteiger partial charge in [0.2, 0.25) is 5.91 Å². The Morgan fingerprint density at radius 2 is 2.00 bits per heavy atom. The lowest BCUT2D eigenvalue weighted by molar-refractivity contribution is -0.124. The number of amides is 1. The third-order valence-electron chi connectivity index (χ3n) is 5.11. The van der Waals surface area contributed by atoms with E-state index in [0.29, 0.717) is 6.54 Å². The highest BCUT2D eigenvalue weighted by atomic mass is 32.1. The van der Waals surface area contributed by atoms with Crippen LogP contribution in [0.15, 0.2) is 47.8 Å². The van der Waals surface area contributed by atoms with Crippen LogP contribution in [0.2, 0.25) is 0 Å². The highest BCUT2D eigenvalue weighted by Gasteiger charge is 2.45. The van der Waals surface area contributed by atoms with E-state index in [1.165, 1.54) is 12.1 Å². The van der Waals surface area contributed by atoms with Crippen LogP contribution in [0.25, 0.3) is 10.1 Å². The number of nitrogens with one attached hydrogen (secondary N) is 1. The predicted molar refractivity (Wildman–Crippen MR) is 102 cm³/mol. The van der Waals surface area contributed by atoms with Crippen molar-refractivity contribution in [3.05, 3.63) is 65.0 Å². The molecule has 3 aromatic rings. The summed E-state index contributed by atoms with van der Waals surface area (Å²) in [6.07, 6.45) is -1.01. The standard InChI is InChI=1S/C20H18F2N2O2S/c1-24-9-12(13-10-27-16-8-3-2-5-11(13)16)17(20(24)26)19(25)23-15-7-4-6-14(21)18(15)22/h2-8,10,12,17,20,26H,9H2,1H3,(H,23,25)/t12-,17+,20?/m1/s1. The van der Waals surface area contributed by atoms with Gasteiger partial charge in [-0.05, 0) is 41.6 Å². The average molecular weight is 388 g/mol. The summed E-state index contributed by atoms with van der Waals surface area (Å²) in [6.45, 7) is 0.492.